The van der Waals surface area contributed by atoms with Crippen LogP contribution in [0.2, 0.25) is 0 Å². The molecule has 5 aromatic rings. The van der Waals surface area contributed by atoms with Crippen LogP contribution >= 0.6 is 0 Å². The third kappa shape index (κ3) is 4.19. The van der Waals surface area contributed by atoms with Crippen molar-refractivity contribution in [2.45, 2.75) is 32.7 Å². The second kappa shape index (κ2) is 10.6. The summed E-state index contributed by atoms with van der Waals surface area (Å²) in [7, 11) is 3.36. The number of pyridine rings is 1. The molecule has 0 atom stereocenters. The average Bonchev–Trinajstić information content (AvgIpc) is 3.48. The number of esters is 1. The number of rotatable bonds is 7. The van der Waals surface area contributed by atoms with Gasteiger partial charge in [-0.1, -0.05) is 30.3 Å². The number of methoxy groups -OCH3 is 2. The summed E-state index contributed by atoms with van der Waals surface area (Å²) in [6.45, 7) is 3.25. The Balaban J connectivity index is 1.40. The van der Waals surface area contributed by atoms with E-state index in [9.17, 15) is 4.79 Å². The first-order valence-corrected chi connectivity index (χ1v) is 14.3. The lowest BCUT2D eigenvalue weighted by Gasteiger charge is -2.21. The minimum Gasteiger partial charge on any atom is -0.493 e. The molecule has 0 radical (unpaired) electrons. The summed E-state index contributed by atoms with van der Waals surface area (Å²) in [5.41, 5.74) is 6.60. The van der Waals surface area contributed by atoms with E-state index in [1.165, 1.54) is 27.9 Å². The van der Waals surface area contributed by atoms with Crippen LogP contribution in [0.3, 0.4) is 0 Å². The largest absolute Gasteiger partial charge is 0.493 e. The molecular formula is C35H32NO6+. The number of ether oxygens (including phenoxy) is 5. The summed E-state index contributed by atoms with van der Waals surface area (Å²) in [6, 6.07) is 20.4. The van der Waals surface area contributed by atoms with Crippen LogP contribution < -0.4 is 23.5 Å². The Hall–Kier alpha value is -4.78. The van der Waals surface area contributed by atoms with Crippen LogP contribution in [0.5, 0.6) is 23.0 Å². The van der Waals surface area contributed by atoms with Crippen molar-refractivity contribution in [1.29, 1.82) is 0 Å². The lowest BCUT2D eigenvalue weighted by atomic mass is 9.88. The van der Waals surface area contributed by atoms with Crippen LogP contribution in [0.1, 0.15) is 34.0 Å². The highest BCUT2D eigenvalue weighted by Gasteiger charge is 2.32. The molecule has 212 valence electrons. The summed E-state index contributed by atoms with van der Waals surface area (Å²) in [4.78, 5) is 12.7. The van der Waals surface area contributed by atoms with Crippen molar-refractivity contribution in [3.8, 4) is 34.3 Å². The van der Waals surface area contributed by atoms with Crippen molar-refractivity contribution in [3.63, 3.8) is 0 Å². The average molecular weight is 563 g/mol. The molecule has 0 saturated heterocycles. The summed E-state index contributed by atoms with van der Waals surface area (Å²) in [5.74, 6) is 2.73. The van der Waals surface area contributed by atoms with Crippen LogP contribution in [0, 0.1) is 0 Å². The number of nitrogens with zero attached hydrogens (tertiary/aromatic N) is 1. The Kier molecular flexibility index (Phi) is 6.57. The number of benzene rings is 4. The number of hydrogen-bond acceptors (Lipinski definition) is 6. The van der Waals surface area contributed by atoms with Gasteiger partial charge in [0.1, 0.15) is 0 Å². The molecule has 0 aliphatic carbocycles. The maximum Gasteiger partial charge on any atom is 0.338 e. The Morgan fingerprint density at radius 2 is 1.69 bits per heavy atom. The summed E-state index contributed by atoms with van der Waals surface area (Å²) in [6.07, 6.45) is 4.64. The zero-order valence-electron chi connectivity index (χ0n) is 24.0. The quantitative estimate of drug-likeness (QED) is 0.174. The van der Waals surface area contributed by atoms with E-state index >= 15 is 0 Å². The van der Waals surface area contributed by atoms with Gasteiger partial charge in [0.05, 0.1) is 37.3 Å². The molecule has 0 N–H and O–H groups in total. The van der Waals surface area contributed by atoms with Crippen molar-refractivity contribution in [2.75, 3.05) is 27.6 Å². The molecule has 0 bridgehead atoms. The molecule has 42 heavy (non-hydrogen) atoms. The minimum absolute atomic E-state index is 0.245. The Morgan fingerprint density at radius 1 is 0.881 bits per heavy atom. The summed E-state index contributed by atoms with van der Waals surface area (Å²) >= 11 is 0. The van der Waals surface area contributed by atoms with Crippen molar-refractivity contribution in [1.82, 2.24) is 0 Å². The molecule has 4 aromatic carbocycles. The highest BCUT2D eigenvalue weighted by Crippen LogP contribution is 2.44. The SMILES string of the molecule is CCOC(=O)c1ccc(CCc2c3[n+](cc4c(OC)c(OC)ccc24)CCc2cc4c(cc2-3)OCO4)c2ccccc12. The third-order valence-corrected chi connectivity index (χ3v) is 8.40. The standard InChI is InChI=1S/C35H32NO6/c1-4-40-35(37)27-12-10-21(23-7-5-6-8-24(23)27)9-11-26-25-13-14-30(38-2)34(39-3)29(25)19-36-16-15-22-17-31-32(42-20-41-31)18-28(22)33(26)36/h5-8,10,12-14,17-19H,4,9,11,15-16,20H2,1-3H3/q+1. The maximum atomic E-state index is 12.7. The summed E-state index contributed by atoms with van der Waals surface area (Å²) < 4.78 is 30.7. The zero-order valence-corrected chi connectivity index (χ0v) is 24.0. The van der Waals surface area contributed by atoms with Crippen LogP contribution in [-0.2, 0) is 30.5 Å². The van der Waals surface area contributed by atoms with Gasteiger partial charge < -0.3 is 23.7 Å². The van der Waals surface area contributed by atoms with E-state index in [0.717, 1.165) is 64.6 Å². The van der Waals surface area contributed by atoms with Crippen molar-refractivity contribution in [2.24, 2.45) is 0 Å². The fourth-order valence-electron chi connectivity index (χ4n) is 6.49. The molecule has 7 heteroatoms. The van der Waals surface area contributed by atoms with E-state index < -0.39 is 0 Å². The zero-order chi connectivity index (χ0) is 28.8. The number of carbonyl (C=O) groups excluding carboxylic acids is 1. The molecule has 3 heterocycles. The van der Waals surface area contributed by atoms with Crippen molar-refractivity contribution in [3.05, 3.63) is 89.1 Å². The highest BCUT2D eigenvalue weighted by molar-refractivity contribution is 6.05. The van der Waals surface area contributed by atoms with E-state index in [0.29, 0.717) is 17.9 Å². The normalized spacial score (nSPS) is 13.1. The van der Waals surface area contributed by atoms with Crippen LogP contribution in [0.15, 0.2) is 66.9 Å². The second-order valence-electron chi connectivity index (χ2n) is 10.6. The van der Waals surface area contributed by atoms with Gasteiger partial charge in [-0.15, -0.1) is 0 Å². The van der Waals surface area contributed by atoms with Gasteiger partial charge in [0.25, 0.3) is 0 Å². The van der Waals surface area contributed by atoms with Crippen LogP contribution in [0.4, 0.5) is 0 Å². The molecule has 0 fully saturated rings. The summed E-state index contributed by atoms with van der Waals surface area (Å²) in [5, 5.41) is 4.11. The Morgan fingerprint density at radius 3 is 2.48 bits per heavy atom. The predicted octanol–water partition coefficient (Wildman–Crippen LogP) is 6.21. The van der Waals surface area contributed by atoms with E-state index in [1.807, 2.05) is 37.3 Å². The third-order valence-electron chi connectivity index (χ3n) is 8.40. The van der Waals surface area contributed by atoms with Gasteiger partial charge in [0, 0.05) is 17.4 Å². The van der Waals surface area contributed by atoms with Crippen LogP contribution in [-0.4, -0.2) is 33.6 Å². The van der Waals surface area contributed by atoms with Gasteiger partial charge in [-0.25, -0.2) is 4.79 Å². The molecule has 0 saturated carbocycles. The number of aryl methyl sites for hydroxylation is 4. The van der Waals surface area contributed by atoms with E-state index in [-0.39, 0.29) is 12.8 Å². The van der Waals surface area contributed by atoms with Crippen molar-refractivity contribution >= 4 is 27.5 Å². The van der Waals surface area contributed by atoms with Crippen LogP contribution in [0.25, 0.3) is 32.8 Å². The van der Waals surface area contributed by atoms with Gasteiger partial charge in [0.2, 0.25) is 12.5 Å². The predicted molar refractivity (Wildman–Crippen MR) is 160 cm³/mol. The molecule has 0 amide bonds. The first-order valence-electron chi connectivity index (χ1n) is 14.3. The molecule has 7 rings (SSSR count). The molecule has 2 aliphatic heterocycles. The minimum atomic E-state index is -0.295. The second-order valence-corrected chi connectivity index (χ2v) is 10.6. The van der Waals surface area contributed by atoms with E-state index in [1.54, 1.807) is 14.2 Å². The molecule has 0 unspecified atom stereocenters. The number of hydrogen-bond donors (Lipinski definition) is 0. The number of carbonyl (C=O) groups is 1. The fraction of sp³-hybridized carbons (Fsp3) is 0.257. The van der Waals surface area contributed by atoms with Gasteiger partial charge >= 0.3 is 5.97 Å². The van der Waals surface area contributed by atoms with E-state index in [2.05, 4.69) is 41.1 Å². The topological polar surface area (TPSA) is 67.1 Å². The lowest BCUT2D eigenvalue weighted by molar-refractivity contribution is -0.686. The van der Waals surface area contributed by atoms with Gasteiger partial charge in [0.15, 0.2) is 35.7 Å². The smallest absolute Gasteiger partial charge is 0.338 e. The van der Waals surface area contributed by atoms with Crippen molar-refractivity contribution < 1.29 is 33.0 Å². The first-order chi connectivity index (χ1) is 20.6. The fourth-order valence-corrected chi connectivity index (χ4v) is 6.49. The number of aromatic nitrogens is 1. The number of fused-ring (bicyclic) bond motifs is 6. The molecule has 2 aliphatic rings. The lowest BCUT2D eigenvalue weighted by Crippen LogP contribution is -2.41. The molecule has 7 nitrogen and oxygen atoms in total. The highest BCUT2D eigenvalue weighted by atomic mass is 16.7. The monoisotopic (exact) mass is 562 g/mol. The molecular weight excluding hydrogens is 530 g/mol. The van der Waals surface area contributed by atoms with Gasteiger partial charge in [-0.3, -0.25) is 0 Å². The van der Waals surface area contributed by atoms with Gasteiger partial charge in [-0.2, -0.15) is 4.57 Å². The Labute approximate surface area is 244 Å². The van der Waals surface area contributed by atoms with E-state index in [4.69, 9.17) is 23.7 Å². The Bertz CT molecular complexity index is 1880. The first kappa shape index (κ1) is 26.1. The maximum absolute atomic E-state index is 12.7. The molecule has 1 aromatic heterocycles. The molecule has 0 spiro atoms. The van der Waals surface area contributed by atoms with Gasteiger partial charge in [-0.05, 0) is 72.0 Å².